The SMILES string of the molecule is Cc1ccc(O)c(CNc2nc(F)nc3c2ncn3C2CCCO2)c1. The first kappa shape index (κ1) is 15.8. The molecule has 0 aliphatic carbocycles. The third-order valence-corrected chi connectivity index (χ3v) is 4.29. The molecule has 1 saturated heterocycles. The van der Waals surface area contributed by atoms with Crippen molar-refractivity contribution in [2.75, 3.05) is 11.9 Å². The molecule has 0 bridgehead atoms. The number of aryl methyl sites for hydroxylation is 1. The smallest absolute Gasteiger partial charge is 0.312 e. The maximum Gasteiger partial charge on any atom is 0.312 e. The van der Waals surface area contributed by atoms with Crippen molar-refractivity contribution in [3.63, 3.8) is 0 Å². The van der Waals surface area contributed by atoms with Crippen LogP contribution in [0.25, 0.3) is 11.2 Å². The topological polar surface area (TPSA) is 85.1 Å². The summed E-state index contributed by atoms with van der Waals surface area (Å²) in [6, 6.07) is 5.32. The second-order valence-corrected chi connectivity index (χ2v) is 6.12. The largest absolute Gasteiger partial charge is 0.508 e. The monoisotopic (exact) mass is 343 g/mol. The van der Waals surface area contributed by atoms with Crippen LogP contribution in [0.3, 0.4) is 0 Å². The minimum absolute atomic E-state index is 0.173. The number of hydrogen-bond acceptors (Lipinski definition) is 6. The van der Waals surface area contributed by atoms with Crippen LogP contribution < -0.4 is 5.32 Å². The van der Waals surface area contributed by atoms with Gasteiger partial charge in [-0.25, -0.2) is 4.98 Å². The summed E-state index contributed by atoms with van der Waals surface area (Å²) >= 11 is 0. The molecule has 8 heteroatoms. The van der Waals surface area contributed by atoms with E-state index in [4.69, 9.17) is 4.74 Å². The highest BCUT2D eigenvalue weighted by molar-refractivity contribution is 5.82. The highest BCUT2D eigenvalue weighted by Gasteiger charge is 2.22. The quantitative estimate of drug-likeness (QED) is 0.709. The van der Waals surface area contributed by atoms with E-state index in [1.165, 1.54) is 0 Å². The molecular weight excluding hydrogens is 325 g/mol. The van der Waals surface area contributed by atoms with Gasteiger partial charge in [0.2, 0.25) is 0 Å². The molecule has 0 amide bonds. The lowest BCUT2D eigenvalue weighted by molar-refractivity contribution is 0.0592. The average molecular weight is 343 g/mol. The zero-order valence-electron chi connectivity index (χ0n) is 13.7. The molecule has 25 heavy (non-hydrogen) atoms. The Labute approximate surface area is 143 Å². The molecule has 1 unspecified atom stereocenters. The minimum Gasteiger partial charge on any atom is -0.508 e. The van der Waals surface area contributed by atoms with E-state index in [1.807, 2.05) is 19.1 Å². The van der Waals surface area contributed by atoms with E-state index in [0.717, 1.165) is 18.4 Å². The molecule has 0 radical (unpaired) electrons. The van der Waals surface area contributed by atoms with Gasteiger partial charge in [0.15, 0.2) is 17.0 Å². The summed E-state index contributed by atoms with van der Waals surface area (Å²) < 4.78 is 21.3. The van der Waals surface area contributed by atoms with Crippen molar-refractivity contribution in [1.82, 2.24) is 19.5 Å². The van der Waals surface area contributed by atoms with Crippen molar-refractivity contribution in [2.45, 2.75) is 32.5 Å². The van der Waals surface area contributed by atoms with Crippen LogP contribution in [0.15, 0.2) is 24.5 Å². The molecule has 3 aromatic rings. The zero-order valence-corrected chi connectivity index (χ0v) is 13.7. The van der Waals surface area contributed by atoms with Crippen LogP contribution in [0, 0.1) is 13.0 Å². The van der Waals surface area contributed by atoms with Gasteiger partial charge in [-0.3, -0.25) is 4.57 Å². The fourth-order valence-electron chi connectivity index (χ4n) is 3.04. The van der Waals surface area contributed by atoms with E-state index in [-0.39, 0.29) is 12.0 Å². The van der Waals surface area contributed by atoms with Gasteiger partial charge in [-0.05, 0) is 25.8 Å². The van der Waals surface area contributed by atoms with E-state index in [1.54, 1.807) is 17.0 Å². The standard InChI is InChI=1S/C17H18FN5O2/c1-10-4-5-12(24)11(7-10)8-19-15-14-16(22-17(18)21-15)23(9-20-14)13-3-2-6-25-13/h4-5,7,9,13,24H,2-3,6,8H2,1H3,(H,19,21,22). The summed E-state index contributed by atoms with van der Waals surface area (Å²) in [4.78, 5) is 12.0. The molecule has 1 fully saturated rings. The summed E-state index contributed by atoms with van der Waals surface area (Å²) in [6.45, 7) is 2.91. The first-order valence-electron chi connectivity index (χ1n) is 8.16. The molecule has 130 valence electrons. The van der Waals surface area contributed by atoms with Crippen LogP contribution in [0.2, 0.25) is 0 Å². The summed E-state index contributed by atoms with van der Waals surface area (Å²) in [5, 5.41) is 13.0. The Balaban J connectivity index is 1.66. The van der Waals surface area contributed by atoms with Crippen LogP contribution in [0.4, 0.5) is 10.2 Å². The third-order valence-electron chi connectivity index (χ3n) is 4.29. The van der Waals surface area contributed by atoms with Crippen LogP contribution in [-0.4, -0.2) is 31.2 Å². The molecule has 0 spiro atoms. The van der Waals surface area contributed by atoms with E-state index < -0.39 is 6.08 Å². The molecule has 1 aromatic carbocycles. The van der Waals surface area contributed by atoms with Crippen molar-refractivity contribution in [1.29, 1.82) is 0 Å². The number of phenols is 1. The Kier molecular flexibility index (Phi) is 3.96. The fraction of sp³-hybridized carbons (Fsp3) is 0.353. The van der Waals surface area contributed by atoms with Crippen LogP contribution >= 0.6 is 0 Å². The van der Waals surface area contributed by atoms with Gasteiger partial charge in [0.1, 0.15) is 12.0 Å². The molecule has 1 atom stereocenters. The number of halogens is 1. The Bertz CT molecular complexity index is 921. The number of fused-ring (bicyclic) bond motifs is 1. The molecule has 3 heterocycles. The Hall–Kier alpha value is -2.74. The summed E-state index contributed by atoms with van der Waals surface area (Å²) in [7, 11) is 0. The predicted octanol–water partition coefficient (Wildman–Crippen LogP) is 2.90. The molecular formula is C17H18FN5O2. The number of nitrogens with zero attached hydrogens (tertiary/aromatic N) is 4. The van der Waals surface area contributed by atoms with Crippen molar-refractivity contribution in [3.05, 3.63) is 41.7 Å². The lowest BCUT2D eigenvalue weighted by atomic mass is 10.1. The van der Waals surface area contributed by atoms with Gasteiger partial charge >= 0.3 is 6.08 Å². The highest BCUT2D eigenvalue weighted by atomic mass is 19.1. The first-order valence-corrected chi connectivity index (χ1v) is 8.16. The van der Waals surface area contributed by atoms with Gasteiger partial charge in [0.25, 0.3) is 0 Å². The number of anilines is 1. The lowest BCUT2D eigenvalue weighted by Crippen LogP contribution is -2.09. The number of benzene rings is 1. The maximum atomic E-state index is 13.9. The fourth-order valence-corrected chi connectivity index (χ4v) is 3.04. The van der Waals surface area contributed by atoms with E-state index in [0.29, 0.717) is 35.7 Å². The van der Waals surface area contributed by atoms with Gasteiger partial charge < -0.3 is 15.2 Å². The average Bonchev–Trinajstić information content (AvgIpc) is 3.24. The van der Waals surface area contributed by atoms with Crippen LogP contribution in [0.5, 0.6) is 5.75 Å². The molecule has 1 aliphatic heterocycles. The Morgan fingerprint density at radius 3 is 3.08 bits per heavy atom. The van der Waals surface area contributed by atoms with Crippen molar-refractivity contribution < 1.29 is 14.2 Å². The third kappa shape index (κ3) is 3.00. The number of nitrogens with one attached hydrogen (secondary N) is 1. The van der Waals surface area contributed by atoms with Gasteiger partial charge in [-0.1, -0.05) is 17.7 Å². The zero-order chi connectivity index (χ0) is 17.4. The second kappa shape index (κ2) is 6.29. The number of ether oxygens (including phenoxy) is 1. The number of aromatic nitrogens is 4. The first-order chi connectivity index (χ1) is 12.1. The van der Waals surface area contributed by atoms with Gasteiger partial charge in [0, 0.05) is 18.7 Å². The van der Waals surface area contributed by atoms with Gasteiger partial charge in [0.05, 0.1) is 6.33 Å². The minimum atomic E-state index is -0.830. The van der Waals surface area contributed by atoms with Gasteiger partial charge in [-0.2, -0.15) is 14.4 Å². The lowest BCUT2D eigenvalue weighted by Gasteiger charge is -2.12. The molecule has 1 aliphatic rings. The second-order valence-electron chi connectivity index (χ2n) is 6.12. The normalized spacial score (nSPS) is 17.3. The Morgan fingerprint density at radius 2 is 2.28 bits per heavy atom. The molecule has 4 rings (SSSR count). The summed E-state index contributed by atoms with van der Waals surface area (Å²) in [5.41, 5.74) is 2.60. The summed E-state index contributed by atoms with van der Waals surface area (Å²) in [6.07, 6.45) is 2.40. The van der Waals surface area contributed by atoms with Crippen LogP contribution in [0.1, 0.15) is 30.2 Å². The van der Waals surface area contributed by atoms with Crippen LogP contribution in [-0.2, 0) is 11.3 Å². The molecule has 0 saturated carbocycles. The predicted molar refractivity (Wildman–Crippen MR) is 89.7 cm³/mol. The number of rotatable bonds is 4. The van der Waals surface area contributed by atoms with Crippen molar-refractivity contribution in [2.24, 2.45) is 0 Å². The Morgan fingerprint density at radius 1 is 1.40 bits per heavy atom. The number of aromatic hydroxyl groups is 1. The van der Waals surface area contributed by atoms with Crippen molar-refractivity contribution >= 4 is 17.0 Å². The van der Waals surface area contributed by atoms with E-state index >= 15 is 0 Å². The molecule has 2 N–H and O–H groups in total. The maximum absolute atomic E-state index is 13.9. The highest BCUT2D eigenvalue weighted by Crippen LogP contribution is 2.28. The van der Waals surface area contributed by atoms with Gasteiger partial charge in [-0.15, -0.1) is 0 Å². The van der Waals surface area contributed by atoms with E-state index in [9.17, 15) is 9.50 Å². The number of imidazole rings is 1. The molecule has 7 nitrogen and oxygen atoms in total. The summed E-state index contributed by atoms with van der Waals surface area (Å²) in [5.74, 6) is 0.467. The van der Waals surface area contributed by atoms with Crippen molar-refractivity contribution in [3.8, 4) is 5.75 Å². The number of hydrogen-bond donors (Lipinski definition) is 2. The van der Waals surface area contributed by atoms with E-state index in [2.05, 4.69) is 20.3 Å². The molecule has 2 aromatic heterocycles. The number of phenolic OH excluding ortho intramolecular Hbond substituents is 1.